The minimum atomic E-state index is 0. The average Bonchev–Trinajstić information content (AvgIpc) is 2.46. The van der Waals surface area contributed by atoms with E-state index in [1.165, 1.54) is 32.7 Å². The number of aliphatic imine (C=N–C) groups is 1. The molecule has 2 N–H and O–H groups in total. The zero-order valence-electron chi connectivity index (χ0n) is 13.0. The second kappa shape index (κ2) is 12.6. The van der Waals surface area contributed by atoms with Crippen LogP contribution in [-0.2, 0) is 4.74 Å². The van der Waals surface area contributed by atoms with Crippen LogP contribution in [0.15, 0.2) is 4.99 Å². The molecule has 0 aromatic carbocycles. The molecule has 20 heavy (non-hydrogen) atoms. The minimum absolute atomic E-state index is 0. The topological polar surface area (TPSA) is 52.1 Å². The molecule has 1 saturated heterocycles. The molecule has 0 bridgehead atoms. The molecule has 0 unspecified atom stereocenters. The van der Waals surface area contributed by atoms with E-state index < -0.39 is 0 Å². The number of guanidine groups is 1. The molecule has 1 fully saturated rings. The van der Waals surface area contributed by atoms with Gasteiger partial charge < -0.3 is 20.3 Å². The standard InChI is InChI=1S/C13H29N5O.HI/c1-4-17-8-10-18(11-9-17)7-5-15-13(14-2)16-6-12-19-3;/h4-12H2,1-3H3,(H2,14,15,16);1H. The number of piperazine rings is 1. The summed E-state index contributed by atoms with van der Waals surface area (Å²) in [5.74, 6) is 0.851. The lowest BCUT2D eigenvalue weighted by Gasteiger charge is -2.34. The Hall–Kier alpha value is -0.120. The first-order valence-electron chi connectivity index (χ1n) is 7.18. The maximum atomic E-state index is 5.00. The lowest BCUT2D eigenvalue weighted by molar-refractivity contribution is 0.139. The number of hydrogen-bond donors (Lipinski definition) is 2. The summed E-state index contributed by atoms with van der Waals surface area (Å²) in [5.41, 5.74) is 0. The van der Waals surface area contributed by atoms with Crippen LogP contribution < -0.4 is 10.6 Å². The zero-order valence-corrected chi connectivity index (χ0v) is 15.4. The molecule has 1 aliphatic heterocycles. The van der Waals surface area contributed by atoms with Crippen LogP contribution >= 0.6 is 24.0 Å². The van der Waals surface area contributed by atoms with Crippen molar-refractivity contribution in [2.45, 2.75) is 6.92 Å². The monoisotopic (exact) mass is 399 g/mol. The fraction of sp³-hybridized carbons (Fsp3) is 0.923. The first-order valence-corrected chi connectivity index (χ1v) is 7.18. The van der Waals surface area contributed by atoms with Crippen LogP contribution in [-0.4, -0.2) is 88.9 Å². The van der Waals surface area contributed by atoms with Gasteiger partial charge in [0.05, 0.1) is 6.61 Å². The quantitative estimate of drug-likeness (QED) is 0.274. The van der Waals surface area contributed by atoms with Crippen molar-refractivity contribution in [2.75, 3.05) is 73.1 Å². The van der Waals surface area contributed by atoms with Gasteiger partial charge in [-0.2, -0.15) is 0 Å². The van der Waals surface area contributed by atoms with Crippen LogP contribution in [0, 0.1) is 0 Å². The summed E-state index contributed by atoms with van der Waals surface area (Å²) >= 11 is 0. The van der Waals surface area contributed by atoms with Gasteiger partial charge in [-0.3, -0.25) is 9.89 Å². The highest BCUT2D eigenvalue weighted by Gasteiger charge is 2.14. The predicted octanol–water partition coefficient (Wildman–Crippen LogP) is 0.0533. The molecule has 1 aliphatic rings. The van der Waals surface area contributed by atoms with Crippen LogP contribution in [0.25, 0.3) is 0 Å². The number of rotatable bonds is 7. The maximum Gasteiger partial charge on any atom is 0.191 e. The van der Waals surface area contributed by atoms with Gasteiger partial charge in [0.25, 0.3) is 0 Å². The summed E-state index contributed by atoms with van der Waals surface area (Å²) in [6.07, 6.45) is 0. The highest BCUT2D eigenvalue weighted by molar-refractivity contribution is 14.0. The van der Waals surface area contributed by atoms with Gasteiger partial charge in [-0.05, 0) is 6.54 Å². The molecule has 0 amide bonds. The minimum Gasteiger partial charge on any atom is -0.383 e. The highest BCUT2D eigenvalue weighted by atomic mass is 127. The molecule has 0 saturated carbocycles. The third-order valence-electron chi connectivity index (χ3n) is 3.45. The molecule has 120 valence electrons. The largest absolute Gasteiger partial charge is 0.383 e. The van der Waals surface area contributed by atoms with E-state index in [9.17, 15) is 0 Å². The molecular formula is C13H30IN5O. The first-order chi connectivity index (χ1) is 9.30. The van der Waals surface area contributed by atoms with E-state index >= 15 is 0 Å². The molecule has 0 atom stereocenters. The molecule has 0 spiro atoms. The first kappa shape index (κ1) is 19.9. The zero-order chi connectivity index (χ0) is 13.9. The number of nitrogens with zero attached hydrogens (tertiary/aromatic N) is 3. The molecule has 0 aliphatic carbocycles. The molecule has 1 heterocycles. The van der Waals surface area contributed by atoms with E-state index in [0.29, 0.717) is 6.61 Å². The Morgan fingerprint density at radius 1 is 1.10 bits per heavy atom. The number of hydrogen-bond acceptors (Lipinski definition) is 4. The summed E-state index contributed by atoms with van der Waals surface area (Å²) < 4.78 is 5.00. The van der Waals surface area contributed by atoms with Gasteiger partial charge in [0, 0.05) is 60.0 Å². The summed E-state index contributed by atoms with van der Waals surface area (Å²) in [4.78, 5) is 9.18. The third-order valence-corrected chi connectivity index (χ3v) is 3.45. The molecule has 0 aromatic rings. The third kappa shape index (κ3) is 8.23. The Balaban J connectivity index is 0.00000361. The van der Waals surface area contributed by atoms with Crippen LogP contribution in [0.4, 0.5) is 0 Å². The molecule has 0 aromatic heterocycles. The second-order valence-corrected chi connectivity index (χ2v) is 4.69. The van der Waals surface area contributed by atoms with Crippen molar-refractivity contribution in [3.8, 4) is 0 Å². The summed E-state index contributed by atoms with van der Waals surface area (Å²) in [6.45, 7) is 11.6. The van der Waals surface area contributed by atoms with Gasteiger partial charge >= 0.3 is 0 Å². The van der Waals surface area contributed by atoms with Gasteiger partial charge in [-0.25, -0.2) is 0 Å². The average molecular weight is 399 g/mol. The van der Waals surface area contributed by atoms with Gasteiger partial charge in [-0.15, -0.1) is 24.0 Å². The van der Waals surface area contributed by atoms with Gasteiger partial charge in [-0.1, -0.05) is 6.92 Å². The molecule has 7 heteroatoms. The SMILES string of the molecule is CCN1CCN(CCNC(=NC)NCCOC)CC1.I. The van der Waals surface area contributed by atoms with Gasteiger partial charge in [0.1, 0.15) is 0 Å². The van der Waals surface area contributed by atoms with E-state index in [4.69, 9.17) is 4.74 Å². The smallest absolute Gasteiger partial charge is 0.191 e. The molecular weight excluding hydrogens is 369 g/mol. The fourth-order valence-corrected chi connectivity index (χ4v) is 2.15. The van der Waals surface area contributed by atoms with Crippen LogP contribution in [0.2, 0.25) is 0 Å². The van der Waals surface area contributed by atoms with Crippen molar-refractivity contribution in [3.05, 3.63) is 0 Å². The summed E-state index contributed by atoms with van der Waals surface area (Å²) in [6, 6.07) is 0. The van der Waals surface area contributed by atoms with Crippen molar-refractivity contribution in [2.24, 2.45) is 4.99 Å². The number of halogens is 1. The number of methoxy groups -OCH3 is 1. The van der Waals surface area contributed by atoms with E-state index in [0.717, 1.165) is 25.6 Å². The second-order valence-electron chi connectivity index (χ2n) is 4.69. The van der Waals surface area contributed by atoms with Crippen molar-refractivity contribution in [1.82, 2.24) is 20.4 Å². The van der Waals surface area contributed by atoms with Crippen LogP contribution in [0.1, 0.15) is 6.92 Å². The van der Waals surface area contributed by atoms with E-state index in [-0.39, 0.29) is 24.0 Å². The van der Waals surface area contributed by atoms with Crippen molar-refractivity contribution < 1.29 is 4.74 Å². The maximum absolute atomic E-state index is 5.00. The Bertz CT molecular complexity index is 257. The summed E-state index contributed by atoms with van der Waals surface area (Å²) in [7, 11) is 3.50. The molecule has 6 nitrogen and oxygen atoms in total. The Labute approximate surface area is 140 Å². The van der Waals surface area contributed by atoms with Gasteiger partial charge in [0.15, 0.2) is 5.96 Å². The van der Waals surface area contributed by atoms with Crippen molar-refractivity contribution in [1.29, 1.82) is 0 Å². The van der Waals surface area contributed by atoms with Crippen molar-refractivity contribution >= 4 is 29.9 Å². The van der Waals surface area contributed by atoms with Crippen molar-refractivity contribution in [3.63, 3.8) is 0 Å². The Morgan fingerprint density at radius 3 is 2.25 bits per heavy atom. The van der Waals surface area contributed by atoms with Crippen LogP contribution in [0.3, 0.4) is 0 Å². The predicted molar refractivity (Wildman–Crippen MR) is 95.2 cm³/mol. The Morgan fingerprint density at radius 2 is 1.70 bits per heavy atom. The Kier molecular flexibility index (Phi) is 12.5. The molecule has 0 radical (unpaired) electrons. The number of nitrogens with one attached hydrogen (secondary N) is 2. The number of ether oxygens (including phenoxy) is 1. The highest BCUT2D eigenvalue weighted by Crippen LogP contribution is 1.99. The fourth-order valence-electron chi connectivity index (χ4n) is 2.15. The lowest BCUT2D eigenvalue weighted by Crippen LogP contribution is -2.49. The normalized spacial score (nSPS) is 17.6. The van der Waals surface area contributed by atoms with E-state index in [2.05, 4.69) is 32.3 Å². The van der Waals surface area contributed by atoms with E-state index in [1.807, 2.05) is 0 Å². The van der Waals surface area contributed by atoms with Gasteiger partial charge in [0.2, 0.25) is 0 Å². The van der Waals surface area contributed by atoms with Crippen LogP contribution in [0.5, 0.6) is 0 Å². The lowest BCUT2D eigenvalue weighted by atomic mass is 10.3. The molecule has 1 rings (SSSR count). The summed E-state index contributed by atoms with van der Waals surface area (Å²) in [5, 5.41) is 6.54. The number of likely N-dealkylation sites (N-methyl/N-ethyl adjacent to an activating group) is 1. The van der Waals surface area contributed by atoms with E-state index in [1.54, 1.807) is 14.2 Å².